The van der Waals surface area contributed by atoms with Gasteiger partial charge < -0.3 is 20.5 Å². The van der Waals surface area contributed by atoms with Gasteiger partial charge in [-0.2, -0.15) is 0 Å². The maximum atomic E-state index is 5.73. The van der Waals surface area contributed by atoms with E-state index in [1.807, 2.05) is 12.1 Å². The van der Waals surface area contributed by atoms with Gasteiger partial charge in [-0.25, -0.2) is 0 Å². The van der Waals surface area contributed by atoms with Crippen LogP contribution in [-0.4, -0.2) is 39.9 Å². The van der Waals surface area contributed by atoms with Crippen LogP contribution in [0, 0.1) is 6.92 Å². The molecule has 5 heteroatoms. The Morgan fingerprint density at radius 2 is 2.16 bits per heavy atom. The number of methoxy groups -OCH3 is 2. The number of nitrogens with two attached hydrogens (primary N) is 1. The summed E-state index contributed by atoms with van der Waals surface area (Å²) in [5.41, 5.74) is 8.12. The third kappa shape index (κ3) is 5.61. The van der Waals surface area contributed by atoms with Crippen LogP contribution in [0.5, 0.6) is 5.75 Å². The summed E-state index contributed by atoms with van der Waals surface area (Å²) in [5, 5.41) is 3.08. The average molecular weight is 265 g/mol. The summed E-state index contributed by atoms with van der Waals surface area (Å²) in [4.78, 5) is 4.13. The summed E-state index contributed by atoms with van der Waals surface area (Å²) in [6, 6.07) is 6.15. The number of nitrogens with one attached hydrogen (secondary N) is 1. The summed E-state index contributed by atoms with van der Waals surface area (Å²) in [5.74, 6) is 1.35. The van der Waals surface area contributed by atoms with Crippen molar-refractivity contribution in [2.75, 3.05) is 33.9 Å². The molecule has 0 fully saturated rings. The van der Waals surface area contributed by atoms with Gasteiger partial charge in [0.25, 0.3) is 0 Å². The third-order valence-electron chi connectivity index (χ3n) is 2.71. The number of aryl methyl sites for hydroxylation is 1. The Morgan fingerprint density at radius 3 is 2.84 bits per heavy atom. The largest absolute Gasteiger partial charge is 0.496 e. The fraction of sp³-hybridized carbons (Fsp3) is 0.500. The number of ether oxygens (including phenoxy) is 2. The second-order valence-corrected chi connectivity index (χ2v) is 4.25. The number of hydrogen-bond acceptors (Lipinski definition) is 3. The van der Waals surface area contributed by atoms with Crippen LogP contribution in [0.2, 0.25) is 0 Å². The van der Waals surface area contributed by atoms with Gasteiger partial charge in [0.2, 0.25) is 0 Å². The van der Waals surface area contributed by atoms with Gasteiger partial charge in [-0.3, -0.25) is 4.99 Å². The van der Waals surface area contributed by atoms with Gasteiger partial charge in [-0.1, -0.05) is 17.7 Å². The molecule has 1 aromatic rings. The molecule has 0 spiro atoms. The number of hydrogen-bond donors (Lipinski definition) is 2. The second kappa shape index (κ2) is 8.37. The molecule has 1 rings (SSSR count). The van der Waals surface area contributed by atoms with Gasteiger partial charge in [0.05, 0.1) is 20.3 Å². The highest BCUT2D eigenvalue weighted by molar-refractivity contribution is 5.77. The summed E-state index contributed by atoms with van der Waals surface area (Å²) >= 11 is 0. The van der Waals surface area contributed by atoms with Crippen LogP contribution in [0.25, 0.3) is 0 Å². The van der Waals surface area contributed by atoms with E-state index in [2.05, 4.69) is 23.3 Å². The average Bonchev–Trinajstić information content (AvgIpc) is 2.39. The van der Waals surface area contributed by atoms with Crippen molar-refractivity contribution in [3.8, 4) is 5.75 Å². The lowest BCUT2D eigenvalue weighted by Gasteiger charge is -2.10. The highest BCUT2D eigenvalue weighted by Crippen LogP contribution is 2.19. The molecule has 0 bridgehead atoms. The highest BCUT2D eigenvalue weighted by Gasteiger charge is 2.03. The van der Waals surface area contributed by atoms with Crippen molar-refractivity contribution in [1.82, 2.24) is 5.32 Å². The molecular weight excluding hydrogens is 242 g/mol. The summed E-state index contributed by atoms with van der Waals surface area (Å²) < 4.78 is 10.2. The molecule has 0 heterocycles. The van der Waals surface area contributed by atoms with Crippen LogP contribution in [0.1, 0.15) is 11.1 Å². The normalized spacial score (nSPS) is 11.4. The van der Waals surface area contributed by atoms with E-state index in [0.717, 1.165) is 18.7 Å². The first-order chi connectivity index (χ1) is 9.17. The molecule has 0 saturated carbocycles. The first-order valence-electron chi connectivity index (χ1n) is 6.33. The van der Waals surface area contributed by atoms with Crippen molar-refractivity contribution < 1.29 is 9.47 Å². The van der Waals surface area contributed by atoms with Crippen molar-refractivity contribution >= 4 is 5.96 Å². The van der Waals surface area contributed by atoms with E-state index in [-0.39, 0.29) is 0 Å². The summed E-state index contributed by atoms with van der Waals surface area (Å²) in [7, 11) is 3.32. The Labute approximate surface area is 114 Å². The molecule has 3 N–H and O–H groups in total. The van der Waals surface area contributed by atoms with E-state index in [1.165, 1.54) is 11.1 Å². The summed E-state index contributed by atoms with van der Waals surface area (Å²) in [6.07, 6.45) is 0.839. The van der Waals surface area contributed by atoms with Gasteiger partial charge in [0, 0.05) is 13.7 Å². The molecule has 0 aliphatic rings. The zero-order valence-corrected chi connectivity index (χ0v) is 11.9. The number of aliphatic imine (C=N–C) groups is 1. The molecule has 0 aliphatic carbocycles. The Balaban J connectivity index is 2.44. The zero-order chi connectivity index (χ0) is 14.1. The second-order valence-electron chi connectivity index (χ2n) is 4.25. The minimum Gasteiger partial charge on any atom is -0.496 e. The van der Waals surface area contributed by atoms with E-state index in [9.17, 15) is 0 Å². The molecule has 0 amide bonds. The highest BCUT2D eigenvalue weighted by atomic mass is 16.5. The van der Waals surface area contributed by atoms with Crippen LogP contribution >= 0.6 is 0 Å². The molecule has 1 aromatic carbocycles. The fourth-order valence-electron chi connectivity index (χ4n) is 1.74. The Bertz CT molecular complexity index is 419. The molecule has 19 heavy (non-hydrogen) atoms. The number of benzene rings is 1. The molecule has 0 aliphatic heterocycles. The van der Waals surface area contributed by atoms with Crippen LogP contribution < -0.4 is 15.8 Å². The maximum absolute atomic E-state index is 5.73. The smallest absolute Gasteiger partial charge is 0.188 e. The van der Waals surface area contributed by atoms with Crippen molar-refractivity contribution in [1.29, 1.82) is 0 Å². The van der Waals surface area contributed by atoms with Crippen LogP contribution in [0.3, 0.4) is 0 Å². The van der Waals surface area contributed by atoms with Crippen molar-refractivity contribution in [2.24, 2.45) is 10.7 Å². The van der Waals surface area contributed by atoms with Gasteiger partial charge in [0.1, 0.15) is 5.75 Å². The minimum absolute atomic E-state index is 0.448. The summed E-state index contributed by atoms with van der Waals surface area (Å²) in [6.45, 7) is 3.94. The van der Waals surface area contributed by atoms with Gasteiger partial charge in [0.15, 0.2) is 5.96 Å². The van der Waals surface area contributed by atoms with Crippen LogP contribution in [0.15, 0.2) is 23.2 Å². The lowest BCUT2D eigenvalue weighted by atomic mass is 10.1. The van der Waals surface area contributed by atoms with Crippen LogP contribution in [0.4, 0.5) is 0 Å². The van der Waals surface area contributed by atoms with E-state index in [4.69, 9.17) is 15.2 Å². The molecule has 0 radical (unpaired) electrons. The fourth-order valence-corrected chi connectivity index (χ4v) is 1.74. The zero-order valence-electron chi connectivity index (χ0n) is 11.9. The molecule has 0 atom stereocenters. The standard InChI is InChI=1S/C14H23N3O2/c1-11-4-5-13(19-3)12(10-11)6-7-16-14(15)17-8-9-18-2/h4-5,10H,6-9H2,1-3H3,(H3,15,16,17). The van der Waals surface area contributed by atoms with Crippen molar-refractivity contribution in [3.63, 3.8) is 0 Å². The number of guanidine groups is 1. The Hall–Kier alpha value is -1.75. The minimum atomic E-state index is 0.448. The quantitative estimate of drug-likeness (QED) is 0.440. The van der Waals surface area contributed by atoms with E-state index in [0.29, 0.717) is 19.1 Å². The number of nitrogens with zero attached hydrogens (tertiary/aromatic N) is 1. The van der Waals surface area contributed by atoms with Crippen molar-refractivity contribution in [2.45, 2.75) is 13.3 Å². The first kappa shape index (κ1) is 15.3. The number of rotatable bonds is 7. The van der Waals surface area contributed by atoms with E-state index in [1.54, 1.807) is 14.2 Å². The van der Waals surface area contributed by atoms with Gasteiger partial charge in [-0.05, 0) is 25.0 Å². The lowest BCUT2D eigenvalue weighted by molar-refractivity contribution is 0.208. The van der Waals surface area contributed by atoms with Crippen LogP contribution in [-0.2, 0) is 11.2 Å². The van der Waals surface area contributed by atoms with E-state index < -0.39 is 0 Å². The third-order valence-corrected chi connectivity index (χ3v) is 2.71. The first-order valence-corrected chi connectivity index (χ1v) is 6.33. The SMILES string of the molecule is COCCN=C(N)NCCc1cc(C)ccc1OC. The topological polar surface area (TPSA) is 68.9 Å². The predicted octanol–water partition coefficient (Wildman–Crippen LogP) is 1.10. The monoisotopic (exact) mass is 265 g/mol. The van der Waals surface area contributed by atoms with Crippen molar-refractivity contribution in [3.05, 3.63) is 29.3 Å². The van der Waals surface area contributed by atoms with E-state index >= 15 is 0 Å². The predicted molar refractivity (Wildman–Crippen MR) is 77.8 cm³/mol. The lowest BCUT2D eigenvalue weighted by Crippen LogP contribution is -2.33. The molecular formula is C14H23N3O2. The Morgan fingerprint density at radius 1 is 1.37 bits per heavy atom. The molecule has 5 nitrogen and oxygen atoms in total. The van der Waals surface area contributed by atoms with Gasteiger partial charge in [-0.15, -0.1) is 0 Å². The molecule has 0 aromatic heterocycles. The Kier molecular flexibility index (Phi) is 6.74. The molecule has 0 unspecified atom stereocenters. The van der Waals surface area contributed by atoms with Gasteiger partial charge >= 0.3 is 0 Å². The molecule has 106 valence electrons. The molecule has 0 saturated heterocycles. The maximum Gasteiger partial charge on any atom is 0.188 e.